The molecule has 7 nitrogen and oxygen atoms in total. The number of carbonyl (C=O) groups is 1. The van der Waals surface area contributed by atoms with Crippen molar-refractivity contribution in [3.05, 3.63) is 48.0 Å². The third-order valence-corrected chi connectivity index (χ3v) is 4.65. The smallest absolute Gasteiger partial charge is 0.257 e. The van der Waals surface area contributed by atoms with Gasteiger partial charge in [0.2, 0.25) is 5.13 Å². The first-order valence-corrected chi connectivity index (χ1v) is 9.45. The van der Waals surface area contributed by atoms with E-state index in [0.717, 1.165) is 11.3 Å². The summed E-state index contributed by atoms with van der Waals surface area (Å²) in [5.41, 5.74) is 1.34. The molecular weight excluding hydrogens is 378 g/mol. The van der Waals surface area contributed by atoms with E-state index in [1.165, 1.54) is 11.3 Å². The molecule has 0 atom stereocenters. The molecule has 3 rings (SSSR count). The fraction of sp³-hybridized carbons (Fsp3) is 0.250. The van der Waals surface area contributed by atoms with Crippen LogP contribution >= 0.6 is 11.3 Å². The highest BCUT2D eigenvalue weighted by Crippen LogP contribution is 2.34. The molecule has 0 saturated carbocycles. The van der Waals surface area contributed by atoms with E-state index < -0.39 is 0 Å². The van der Waals surface area contributed by atoms with E-state index >= 15 is 0 Å². The van der Waals surface area contributed by atoms with Crippen LogP contribution in [0.15, 0.2) is 42.5 Å². The fourth-order valence-electron chi connectivity index (χ4n) is 2.49. The van der Waals surface area contributed by atoms with E-state index in [0.29, 0.717) is 27.2 Å². The van der Waals surface area contributed by atoms with Gasteiger partial charge in [0.15, 0.2) is 11.5 Å². The number of methoxy groups -OCH3 is 2. The van der Waals surface area contributed by atoms with Crippen molar-refractivity contribution < 1.29 is 19.0 Å². The predicted octanol–water partition coefficient (Wildman–Crippen LogP) is 4.26. The first-order chi connectivity index (χ1) is 13.5. The Kier molecular flexibility index (Phi) is 6.10. The number of rotatable bonds is 7. The average Bonchev–Trinajstić information content (AvgIpc) is 3.16. The lowest BCUT2D eigenvalue weighted by molar-refractivity contribution is 0.102. The minimum Gasteiger partial charge on any atom is -0.493 e. The Hall–Kier alpha value is -3.13. The van der Waals surface area contributed by atoms with E-state index in [9.17, 15) is 4.79 Å². The maximum Gasteiger partial charge on any atom is 0.257 e. The van der Waals surface area contributed by atoms with Crippen molar-refractivity contribution in [1.29, 1.82) is 0 Å². The largest absolute Gasteiger partial charge is 0.493 e. The molecule has 0 bridgehead atoms. The van der Waals surface area contributed by atoms with Crippen LogP contribution in [-0.4, -0.2) is 36.4 Å². The van der Waals surface area contributed by atoms with Gasteiger partial charge in [-0.3, -0.25) is 10.1 Å². The van der Waals surface area contributed by atoms with E-state index in [1.807, 2.05) is 26.0 Å². The predicted molar refractivity (Wildman–Crippen MR) is 109 cm³/mol. The molecule has 0 fully saturated rings. The zero-order chi connectivity index (χ0) is 20.1. The molecule has 0 unspecified atom stereocenters. The molecule has 0 spiro atoms. The lowest BCUT2D eigenvalue weighted by Gasteiger charge is -2.09. The van der Waals surface area contributed by atoms with Gasteiger partial charge in [-0.1, -0.05) is 11.3 Å². The summed E-state index contributed by atoms with van der Waals surface area (Å²) in [4.78, 5) is 12.4. The lowest BCUT2D eigenvalue weighted by atomic mass is 10.2. The Balaban J connectivity index is 1.71. The van der Waals surface area contributed by atoms with Gasteiger partial charge >= 0.3 is 0 Å². The zero-order valence-electron chi connectivity index (χ0n) is 16.1. The number of anilines is 1. The molecule has 8 heteroatoms. The fourth-order valence-corrected chi connectivity index (χ4v) is 3.22. The van der Waals surface area contributed by atoms with Gasteiger partial charge in [-0.15, -0.1) is 10.2 Å². The van der Waals surface area contributed by atoms with Crippen molar-refractivity contribution in [3.8, 4) is 27.8 Å². The van der Waals surface area contributed by atoms with Crippen LogP contribution in [0, 0.1) is 0 Å². The normalized spacial score (nSPS) is 10.6. The van der Waals surface area contributed by atoms with Gasteiger partial charge in [-0.25, -0.2) is 0 Å². The standard InChI is InChI=1S/C20H21N3O4S/c1-12(2)27-15-8-5-13(6-9-15)18(24)21-20-23-22-19(28-20)14-7-10-16(25-3)17(11-14)26-4/h5-12H,1-4H3,(H,21,23,24). The number of nitrogens with zero attached hydrogens (tertiary/aromatic N) is 2. The summed E-state index contributed by atoms with van der Waals surface area (Å²) in [6.45, 7) is 3.90. The molecule has 0 radical (unpaired) electrons. The van der Waals surface area contributed by atoms with E-state index in [4.69, 9.17) is 14.2 Å². The third-order valence-electron chi connectivity index (χ3n) is 3.76. The van der Waals surface area contributed by atoms with Gasteiger partial charge in [0.25, 0.3) is 5.91 Å². The number of ether oxygens (including phenoxy) is 3. The summed E-state index contributed by atoms with van der Waals surface area (Å²) in [7, 11) is 3.16. The summed E-state index contributed by atoms with van der Waals surface area (Å²) in [6, 6.07) is 12.4. The van der Waals surface area contributed by atoms with Crippen molar-refractivity contribution >= 4 is 22.4 Å². The summed E-state index contributed by atoms with van der Waals surface area (Å²) >= 11 is 1.28. The number of nitrogens with one attached hydrogen (secondary N) is 1. The van der Waals surface area contributed by atoms with Crippen molar-refractivity contribution in [2.24, 2.45) is 0 Å². The minimum atomic E-state index is -0.258. The van der Waals surface area contributed by atoms with E-state index in [1.54, 1.807) is 44.6 Å². The van der Waals surface area contributed by atoms with Crippen LogP contribution in [0.1, 0.15) is 24.2 Å². The lowest BCUT2D eigenvalue weighted by Crippen LogP contribution is -2.12. The number of benzene rings is 2. The number of hydrogen-bond donors (Lipinski definition) is 1. The summed E-state index contributed by atoms with van der Waals surface area (Å²) in [5.74, 6) is 1.70. The minimum absolute atomic E-state index is 0.0797. The van der Waals surface area contributed by atoms with Crippen LogP contribution in [0.5, 0.6) is 17.2 Å². The molecule has 1 amide bonds. The molecule has 0 aliphatic carbocycles. The SMILES string of the molecule is COc1ccc(-c2nnc(NC(=O)c3ccc(OC(C)C)cc3)s2)cc1OC. The van der Waals surface area contributed by atoms with Crippen molar-refractivity contribution in [2.75, 3.05) is 19.5 Å². The average molecular weight is 399 g/mol. The zero-order valence-corrected chi connectivity index (χ0v) is 16.9. The highest BCUT2D eigenvalue weighted by atomic mass is 32.1. The number of carbonyl (C=O) groups excluding carboxylic acids is 1. The third kappa shape index (κ3) is 4.58. The van der Waals surface area contributed by atoms with Crippen LogP contribution < -0.4 is 19.5 Å². The Bertz CT molecular complexity index is 954. The molecule has 1 N–H and O–H groups in total. The molecule has 0 saturated heterocycles. The van der Waals surface area contributed by atoms with Crippen molar-refractivity contribution in [3.63, 3.8) is 0 Å². The molecule has 1 heterocycles. The van der Waals surface area contributed by atoms with Crippen molar-refractivity contribution in [1.82, 2.24) is 10.2 Å². The highest BCUT2D eigenvalue weighted by Gasteiger charge is 2.13. The van der Waals surface area contributed by atoms with E-state index in [-0.39, 0.29) is 12.0 Å². The Morgan fingerprint density at radius 3 is 2.36 bits per heavy atom. The van der Waals surface area contributed by atoms with Crippen LogP contribution in [-0.2, 0) is 0 Å². The quantitative estimate of drug-likeness (QED) is 0.639. The van der Waals surface area contributed by atoms with Crippen molar-refractivity contribution in [2.45, 2.75) is 20.0 Å². The molecule has 0 aliphatic rings. The summed E-state index contributed by atoms with van der Waals surface area (Å²) < 4.78 is 16.1. The van der Waals surface area contributed by atoms with Gasteiger partial charge in [0, 0.05) is 11.1 Å². The number of aromatic nitrogens is 2. The second-order valence-electron chi connectivity index (χ2n) is 6.13. The Morgan fingerprint density at radius 1 is 1.00 bits per heavy atom. The molecule has 2 aromatic carbocycles. The van der Waals surface area contributed by atoms with E-state index in [2.05, 4.69) is 15.5 Å². The number of hydrogen-bond acceptors (Lipinski definition) is 7. The molecule has 0 aliphatic heterocycles. The Labute approximate surface area is 167 Å². The highest BCUT2D eigenvalue weighted by molar-refractivity contribution is 7.18. The monoisotopic (exact) mass is 399 g/mol. The second-order valence-corrected chi connectivity index (χ2v) is 7.10. The Morgan fingerprint density at radius 2 is 1.71 bits per heavy atom. The summed E-state index contributed by atoms with van der Waals surface area (Å²) in [6.07, 6.45) is 0.0797. The van der Waals surface area contributed by atoms with Gasteiger partial charge in [-0.2, -0.15) is 0 Å². The van der Waals surface area contributed by atoms with Gasteiger partial charge in [-0.05, 0) is 56.3 Å². The summed E-state index contributed by atoms with van der Waals surface area (Å²) in [5, 5.41) is 12.0. The van der Waals surface area contributed by atoms with Gasteiger partial charge in [0.05, 0.1) is 20.3 Å². The molecule has 28 heavy (non-hydrogen) atoms. The second kappa shape index (κ2) is 8.71. The van der Waals surface area contributed by atoms with Crippen LogP contribution in [0.3, 0.4) is 0 Å². The maximum atomic E-state index is 12.4. The molecule has 146 valence electrons. The molecule has 1 aromatic heterocycles. The molecular formula is C20H21N3O4S. The van der Waals surface area contributed by atoms with Crippen LogP contribution in [0.2, 0.25) is 0 Å². The van der Waals surface area contributed by atoms with Gasteiger partial charge in [0.1, 0.15) is 10.8 Å². The first kappa shape index (κ1) is 19.6. The van der Waals surface area contributed by atoms with Crippen LogP contribution in [0.25, 0.3) is 10.6 Å². The maximum absolute atomic E-state index is 12.4. The molecule has 3 aromatic rings. The van der Waals surface area contributed by atoms with Gasteiger partial charge < -0.3 is 14.2 Å². The number of amides is 1. The first-order valence-electron chi connectivity index (χ1n) is 8.64. The topological polar surface area (TPSA) is 82.6 Å². The van der Waals surface area contributed by atoms with Crippen LogP contribution in [0.4, 0.5) is 5.13 Å².